The summed E-state index contributed by atoms with van der Waals surface area (Å²) in [5.74, 6) is -0.376. The van der Waals surface area contributed by atoms with E-state index in [9.17, 15) is 22.8 Å². The molecule has 16 heteroatoms. The number of thiazole rings is 1. The van der Waals surface area contributed by atoms with E-state index in [1.54, 1.807) is 22.0 Å². The van der Waals surface area contributed by atoms with Crippen LogP contribution in [-0.2, 0) is 24.4 Å². The van der Waals surface area contributed by atoms with Crippen LogP contribution in [0.15, 0.2) is 23.6 Å². The fourth-order valence-corrected chi connectivity index (χ4v) is 9.38. The predicted molar refractivity (Wildman–Crippen MR) is 202 cm³/mol. The number of carbonyl (C=O) groups is 3. The van der Waals surface area contributed by atoms with Crippen molar-refractivity contribution in [3.05, 3.63) is 34.8 Å². The molecule has 3 heterocycles. The predicted octanol–water partition coefficient (Wildman–Crippen LogP) is 3.20. The summed E-state index contributed by atoms with van der Waals surface area (Å²) in [6.07, 6.45) is 0.840. The number of rotatable bonds is 12. The van der Waals surface area contributed by atoms with E-state index in [-0.39, 0.29) is 37.1 Å². The van der Waals surface area contributed by atoms with E-state index in [1.165, 1.54) is 16.2 Å². The number of benzene rings is 1. The Labute approximate surface area is 310 Å². The van der Waals surface area contributed by atoms with Crippen LogP contribution in [0.25, 0.3) is 21.6 Å². The third-order valence-corrected chi connectivity index (χ3v) is 13.2. The lowest BCUT2D eigenvalue weighted by Crippen LogP contribution is -2.59. The molecule has 1 aliphatic heterocycles. The second kappa shape index (κ2) is 13.9. The molecule has 3 N–H and O–H groups in total. The fourth-order valence-electron chi connectivity index (χ4n) is 7.08. The first-order chi connectivity index (χ1) is 24.4. The van der Waals surface area contributed by atoms with E-state index in [0.29, 0.717) is 35.6 Å². The first-order valence-electron chi connectivity index (χ1n) is 17.9. The quantitative estimate of drug-likeness (QED) is 0.234. The van der Waals surface area contributed by atoms with Gasteiger partial charge in [-0.15, -0.1) is 11.3 Å². The molecular weight excluding hydrogens is 703 g/mol. The number of methoxy groups -OCH3 is 1. The lowest BCUT2D eigenvalue weighted by Gasteiger charge is -2.35. The highest BCUT2D eigenvalue weighted by molar-refractivity contribution is 7.91. The van der Waals surface area contributed by atoms with Crippen molar-refractivity contribution in [1.82, 2.24) is 30.1 Å². The number of nitrogens with zero attached hydrogens (tertiary/aromatic N) is 3. The zero-order valence-corrected chi connectivity index (χ0v) is 33.0. The monoisotopic (exact) mass is 752 g/mol. The van der Waals surface area contributed by atoms with E-state index >= 15 is 0 Å². The normalized spacial score (nSPS) is 23.8. The van der Waals surface area contributed by atoms with Crippen molar-refractivity contribution in [1.29, 1.82) is 0 Å². The molecule has 1 aromatic carbocycles. The van der Waals surface area contributed by atoms with Gasteiger partial charge in [-0.05, 0) is 55.6 Å². The second-order valence-electron chi connectivity index (χ2n) is 15.8. The van der Waals surface area contributed by atoms with Gasteiger partial charge in [-0.3, -0.25) is 19.1 Å². The highest BCUT2D eigenvalue weighted by Crippen LogP contribution is 2.45. The number of aryl methyl sites for hydroxylation is 1. The number of likely N-dealkylation sites (tertiary alicyclic amines) is 1. The first-order valence-corrected chi connectivity index (χ1v) is 20.3. The standard InChI is InChI=1S/C36H49BN6O7S2/c1-18(2)25-17-51-32(39-25)24-14-28(23-11-12-27(49-8)20(4)29(23)38-24)50-21-13-26(43(16-21)33(45)30(41-37)35(5,6)7)31(44)40-36(15-19(36)3)34(46)42-52(47,48)22-9-10-22/h11-12,14,17-19,21-22,26,30,41H,9-10,13,15-16,37H2,1-8H3,(H,40,44)(H,42,46)/t19-,21-,26+,30-,36-/m1/s1. The molecule has 2 aliphatic carbocycles. The van der Waals surface area contributed by atoms with Gasteiger partial charge in [0, 0.05) is 28.8 Å². The molecule has 1 saturated heterocycles. The molecule has 52 heavy (non-hydrogen) atoms. The Hall–Kier alpha value is -3.76. The number of pyridine rings is 1. The third-order valence-electron chi connectivity index (χ3n) is 10.5. The molecule has 2 saturated carbocycles. The van der Waals surface area contributed by atoms with Gasteiger partial charge in [0.2, 0.25) is 21.8 Å². The smallest absolute Gasteiger partial charge is 0.259 e. The second-order valence-corrected chi connectivity index (χ2v) is 18.7. The molecule has 13 nitrogen and oxygen atoms in total. The van der Waals surface area contributed by atoms with E-state index in [0.717, 1.165) is 21.7 Å². The van der Waals surface area contributed by atoms with Crippen LogP contribution < -0.4 is 24.7 Å². The number of nitrogens with one attached hydrogen (secondary N) is 3. The van der Waals surface area contributed by atoms with E-state index in [1.807, 2.05) is 51.3 Å². The molecule has 2 aromatic heterocycles. The fraction of sp³-hybridized carbons (Fsp3) is 0.583. The highest BCUT2D eigenvalue weighted by atomic mass is 32.2. The molecule has 3 aromatic rings. The van der Waals surface area contributed by atoms with E-state index in [4.69, 9.17) is 19.4 Å². The topological polar surface area (TPSA) is 169 Å². The molecular formula is C36H49BN6O7S2. The number of hydrogen-bond donors (Lipinski definition) is 3. The zero-order valence-electron chi connectivity index (χ0n) is 31.3. The van der Waals surface area contributed by atoms with Crippen LogP contribution in [-0.4, -0.2) is 91.6 Å². The molecule has 3 aliphatic rings. The molecule has 5 atom stereocenters. The molecule has 3 fully saturated rings. The molecule has 0 bridgehead atoms. The van der Waals surface area contributed by atoms with Gasteiger partial charge in [0.15, 0.2) is 7.98 Å². The van der Waals surface area contributed by atoms with Crippen molar-refractivity contribution in [3.8, 4) is 22.2 Å². The number of fused-ring (bicyclic) bond motifs is 1. The minimum Gasteiger partial charge on any atom is -0.496 e. The summed E-state index contributed by atoms with van der Waals surface area (Å²) in [6, 6.07) is 4.01. The van der Waals surface area contributed by atoms with Crippen molar-refractivity contribution < 1.29 is 32.3 Å². The largest absolute Gasteiger partial charge is 0.496 e. The van der Waals surface area contributed by atoms with Crippen LogP contribution in [0.2, 0.25) is 0 Å². The summed E-state index contributed by atoms with van der Waals surface area (Å²) in [6.45, 7) is 13.8. The lowest BCUT2D eigenvalue weighted by atomic mass is 9.84. The maximum Gasteiger partial charge on any atom is 0.259 e. The van der Waals surface area contributed by atoms with Gasteiger partial charge >= 0.3 is 0 Å². The van der Waals surface area contributed by atoms with Gasteiger partial charge < -0.3 is 24.9 Å². The number of sulfonamides is 1. The van der Waals surface area contributed by atoms with Crippen molar-refractivity contribution in [2.24, 2.45) is 11.3 Å². The third kappa shape index (κ3) is 7.25. The molecule has 0 radical (unpaired) electrons. The Morgan fingerprint density at radius 3 is 2.38 bits per heavy atom. The molecule has 0 spiro atoms. The van der Waals surface area contributed by atoms with Crippen LogP contribution >= 0.6 is 11.3 Å². The Morgan fingerprint density at radius 2 is 1.83 bits per heavy atom. The van der Waals surface area contributed by atoms with E-state index < -0.39 is 56.2 Å². The van der Waals surface area contributed by atoms with Crippen molar-refractivity contribution in [2.75, 3.05) is 13.7 Å². The minimum atomic E-state index is -3.82. The first kappa shape index (κ1) is 38.0. The van der Waals surface area contributed by atoms with Gasteiger partial charge in [0.1, 0.15) is 39.9 Å². The van der Waals surface area contributed by atoms with Crippen molar-refractivity contribution in [2.45, 2.75) is 109 Å². The highest BCUT2D eigenvalue weighted by Gasteiger charge is 2.61. The lowest BCUT2D eigenvalue weighted by molar-refractivity contribution is -0.142. The summed E-state index contributed by atoms with van der Waals surface area (Å²) in [4.78, 5) is 53.2. The SMILES string of the molecule is BN[C@H](C(=O)N1C[C@H](Oc2cc(-c3nc(C(C)C)cs3)nc3c(C)c(OC)ccc23)C[C@H]1C(=O)N[C@]1(C(=O)NS(=O)(=O)C2CC2)C[C@H]1C)C(C)(C)C. The average Bonchev–Trinajstić information content (AvgIpc) is 3.92. The van der Waals surface area contributed by atoms with Crippen molar-refractivity contribution >= 4 is 58.0 Å². The van der Waals surface area contributed by atoms with Gasteiger partial charge in [0.05, 0.1) is 36.2 Å². The summed E-state index contributed by atoms with van der Waals surface area (Å²) in [5, 5.41) is 8.94. The van der Waals surface area contributed by atoms with Crippen molar-refractivity contribution in [3.63, 3.8) is 0 Å². The maximum atomic E-state index is 14.2. The Kier molecular flexibility index (Phi) is 10.2. The van der Waals surface area contributed by atoms with E-state index in [2.05, 4.69) is 29.1 Å². The Balaban J connectivity index is 1.33. The summed E-state index contributed by atoms with van der Waals surface area (Å²) in [7, 11) is -0.498. The maximum absolute atomic E-state index is 14.2. The van der Waals surface area contributed by atoms with Crippen LogP contribution in [0.3, 0.4) is 0 Å². The average molecular weight is 753 g/mol. The number of ether oxygens (including phenoxy) is 2. The summed E-state index contributed by atoms with van der Waals surface area (Å²) < 4.78 is 39.9. The van der Waals surface area contributed by atoms with Crippen LogP contribution in [0, 0.1) is 18.3 Å². The summed E-state index contributed by atoms with van der Waals surface area (Å²) in [5.41, 5.74) is 1.26. The van der Waals surface area contributed by atoms with Gasteiger partial charge in [-0.2, -0.15) is 0 Å². The van der Waals surface area contributed by atoms with Crippen LogP contribution in [0.1, 0.15) is 84.4 Å². The number of amides is 3. The minimum absolute atomic E-state index is 0.110. The molecule has 0 unspecified atom stereocenters. The molecule has 280 valence electrons. The zero-order chi connectivity index (χ0) is 37.9. The van der Waals surface area contributed by atoms with Gasteiger partial charge in [0.25, 0.3) is 5.91 Å². The molecule has 3 amide bonds. The van der Waals surface area contributed by atoms with Crippen LogP contribution in [0.4, 0.5) is 0 Å². The molecule has 6 rings (SSSR count). The Bertz CT molecular complexity index is 2010. The number of carbonyl (C=O) groups excluding carboxylic acids is 3. The van der Waals surface area contributed by atoms with Crippen LogP contribution in [0.5, 0.6) is 11.5 Å². The number of aromatic nitrogens is 2. The summed E-state index contributed by atoms with van der Waals surface area (Å²) >= 11 is 1.50. The van der Waals surface area contributed by atoms with Gasteiger partial charge in [-0.25, -0.2) is 18.4 Å². The van der Waals surface area contributed by atoms with Gasteiger partial charge in [-0.1, -0.05) is 41.5 Å². The Morgan fingerprint density at radius 1 is 1.13 bits per heavy atom. The number of hydrogen-bond acceptors (Lipinski definition) is 11.